The molecular formula is C14H18O. The molecular weight excluding hydrogens is 184 g/mol. The first-order valence-corrected chi connectivity index (χ1v) is 5.75. The predicted octanol–water partition coefficient (Wildman–Crippen LogP) is 3.73. The zero-order valence-electron chi connectivity index (χ0n) is 9.23. The van der Waals surface area contributed by atoms with Crippen LogP contribution in [0.25, 0.3) is 0 Å². The lowest BCUT2D eigenvalue weighted by Gasteiger charge is -2.15. The summed E-state index contributed by atoms with van der Waals surface area (Å²) in [4.78, 5) is 0. The van der Waals surface area contributed by atoms with Crippen molar-refractivity contribution >= 4 is 0 Å². The Balaban J connectivity index is 2.11. The van der Waals surface area contributed by atoms with Crippen LogP contribution in [0.4, 0.5) is 0 Å². The normalized spacial score (nSPS) is 26.2. The second kappa shape index (κ2) is 5.13. The van der Waals surface area contributed by atoms with Crippen molar-refractivity contribution in [2.45, 2.75) is 25.9 Å². The summed E-state index contributed by atoms with van der Waals surface area (Å²) in [6.07, 6.45) is 7.09. The van der Waals surface area contributed by atoms with E-state index >= 15 is 0 Å². The van der Waals surface area contributed by atoms with E-state index in [-0.39, 0.29) is 6.10 Å². The first-order valence-electron chi connectivity index (χ1n) is 5.75. The number of hydrogen-bond donors (Lipinski definition) is 0. The van der Waals surface area contributed by atoms with E-state index in [0.717, 1.165) is 19.4 Å². The van der Waals surface area contributed by atoms with Crippen molar-refractivity contribution in [3.8, 4) is 0 Å². The summed E-state index contributed by atoms with van der Waals surface area (Å²) < 4.78 is 5.80. The lowest BCUT2D eigenvalue weighted by Crippen LogP contribution is -2.04. The van der Waals surface area contributed by atoms with Gasteiger partial charge in [-0.05, 0) is 18.4 Å². The molecule has 1 heteroatoms. The summed E-state index contributed by atoms with van der Waals surface area (Å²) in [6, 6.07) is 10.5. The zero-order valence-corrected chi connectivity index (χ0v) is 9.23. The van der Waals surface area contributed by atoms with Crippen LogP contribution in [-0.4, -0.2) is 6.61 Å². The average Bonchev–Trinajstić information content (AvgIpc) is 2.75. The first-order chi connectivity index (χ1) is 7.42. The molecule has 0 radical (unpaired) electrons. The summed E-state index contributed by atoms with van der Waals surface area (Å²) in [5.41, 5.74) is 1.31. The summed E-state index contributed by atoms with van der Waals surface area (Å²) in [7, 11) is 0. The molecule has 0 saturated carbocycles. The van der Waals surface area contributed by atoms with Gasteiger partial charge in [0.25, 0.3) is 0 Å². The Morgan fingerprint density at radius 2 is 2.13 bits per heavy atom. The predicted molar refractivity (Wildman–Crippen MR) is 62.7 cm³/mol. The van der Waals surface area contributed by atoms with Gasteiger partial charge in [0.2, 0.25) is 0 Å². The molecule has 0 amide bonds. The average molecular weight is 202 g/mol. The first kappa shape index (κ1) is 10.4. The number of hydrogen-bond acceptors (Lipinski definition) is 1. The van der Waals surface area contributed by atoms with Gasteiger partial charge >= 0.3 is 0 Å². The van der Waals surface area contributed by atoms with Gasteiger partial charge in [0, 0.05) is 12.5 Å². The van der Waals surface area contributed by atoms with Crippen molar-refractivity contribution < 1.29 is 4.74 Å². The van der Waals surface area contributed by atoms with Crippen LogP contribution in [0.3, 0.4) is 0 Å². The molecule has 0 bridgehead atoms. The molecule has 0 aromatic heterocycles. The Bertz CT molecular complexity index is 315. The second-order valence-electron chi connectivity index (χ2n) is 3.99. The molecule has 1 aliphatic heterocycles. The van der Waals surface area contributed by atoms with Crippen LogP contribution in [0.2, 0.25) is 0 Å². The third-order valence-electron chi connectivity index (χ3n) is 2.88. The van der Waals surface area contributed by atoms with Gasteiger partial charge in [0.05, 0.1) is 6.10 Å². The van der Waals surface area contributed by atoms with E-state index in [4.69, 9.17) is 4.74 Å². The maximum absolute atomic E-state index is 5.80. The van der Waals surface area contributed by atoms with Gasteiger partial charge in [0.15, 0.2) is 0 Å². The minimum Gasteiger partial charge on any atom is -0.373 e. The Morgan fingerprint density at radius 1 is 1.33 bits per heavy atom. The molecule has 15 heavy (non-hydrogen) atoms. The third-order valence-corrected chi connectivity index (χ3v) is 2.88. The van der Waals surface area contributed by atoms with Crippen molar-refractivity contribution in [2.75, 3.05) is 6.61 Å². The minimum absolute atomic E-state index is 0.272. The third kappa shape index (κ3) is 2.48. The highest BCUT2D eigenvalue weighted by molar-refractivity contribution is 5.20. The maximum Gasteiger partial charge on any atom is 0.0888 e. The van der Waals surface area contributed by atoms with Crippen LogP contribution in [0.5, 0.6) is 0 Å². The van der Waals surface area contributed by atoms with Crippen molar-refractivity contribution in [2.24, 2.45) is 5.92 Å². The lowest BCUT2D eigenvalue weighted by molar-refractivity contribution is 0.0995. The molecule has 2 atom stereocenters. The minimum atomic E-state index is 0.272. The van der Waals surface area contributed by atoms with Gasteiger partial charge in [-0.2, -0.15) is 0 Å². The van der Waals surface area contributed by atoms with Crippen molar-refractivity contribution in [1.82, 2.24) is 0 Å². The summed E-state index contributed by atoms with van der Waals surface area (Å²) in [5.74, 6) is 0.562. The van der Waals surface area contributed by atoms with E-state index in [1.807, 2.05) is 0 Å². The number of rotatable bonds is 3. The van der Waals surface area contributed by atoms with Crippen LogP contribution < -0.4 is 0 Å². The number of ether oxygens (including phenoxy) is 1. The van der Waals surface area contributed by atoms with Crippen molar-refractivity contribution in [3.63, 3.8) is 0 Å². The fraction of sp³-hybridized carbons (Fsp3) is 0.429. The largest absolute Gasteiger partial charge is 0.373 e. The van der Waals surface area contributed by atoms with Gasteiger partial charge in [-0.3, -0.25) is 0 Å². The highest BCUT2D eigenvalue weighted by atomic mass is 16.5. The van der Waals surface area contributed by atoms with E-state index in [0.29, 0.717) is 5.92 Å². The standard InChI is InChI=1S/C14H18O/c1-2-3-7-13-10-11-15-14(13)12-8-5-4-6-9-12/h3-9,13-14H,2,10-11H2,1H3/b7-3+/t13-,14-/m0/s1. The fourth-order valence-corrected chi connectivity index (χ4v) is 2.10. The Morgan fingerprint density at radius 3 is 2.87 bits per heavy atom. The van der Waals surface area contributed by atoms with E-state index < -0.39 is 0 Å². The zero-order chi connectivity index (χ0) is 10.5. The molecule has 1 aliphatic rings. The summed E-state index contributed by atoms with van der Waals surface area (Å²) >= 11 is 0. The van der Waals surface area contributed by atoms with Crippen LogP contribution in [0.15, 0.2) is 42.5 Å². The smallest absolute Gasteiger partial charge is 0.0888 e. The molecule has 1 heterocycles. The molecule has 1 fully saturated rings. The fourth-order valence-electron chi connectivity index (χ4n) is 2.10. The van der Waals surface area contributed by atoms with Crippen LogP contribution >= 0.6 is 0 Å². The highest BCUT2D eigenvalue weighted by Gasteiger charge is 2.26. The molecule has 1 aromatic rings. The number of benzene rings is 1. The van der Waals surface area contributed by atoms with Gasteiger partial charge in [-0.1, -0.05) is 49.4 Å². The van der Waals surface area contributed by atoms with Crippen molar-refractivity contribution in [1.29, 1.82) is 0 Å². The van der Waals surface area contributed by atoms with Gasteiger partial charge < -0.3 is 4.74 Å². The molecule has 0 aliphatic carbocycles. The molecule has 1 saturated heterocycles. The quantitative estimate of drug-likeness (QED) is 0.679. The molecule has 0 spiro atoms. The summed E-state index contributed by atoms with van der Waals surface area (Å²) in [5, 5.41) is 0. The van der Waals surface area contributed by atoms with E-state index in [1.165, 1.54) is 5.56 Å². The molecule has 1 nitrogen and oxygen atoms in total. The number of allylic oxidation sites excluding steroid dienone is 1. The molecule has 2 rings (SSSR count). The van der Waals surface area contributed by atoms with Crippen molar-refractivity contribution in [3.05, 3.63) is 48.0 Å². The van der Waals surface area contributed by atoms with E-state index in [9.17, 15) is 0 Å². The molecule has 1 aromatic carbocycles. The molecule has 0 N–H and O–H groups in total. The molecule has 80 valence electrons. The maximum atomic E-state index is 5.80. The van der Waals surface area contributed by atoms with Gasteiger partial charge in [-0.15, -0.1) is 0 Å². The lowest BCUT2D eigenvalue weighted by atomic mass is 9.95. The van der Waals surface area contributed by atoms with Gasteiger partial charge in [-0.25, -0.2) is 0 Å². The van der Waals surface area contributed by atoms with Gasteiger partial charge in [0.1, 0.15) is 0 Å². The van der Waals surface area contributed by atoms with E-state index in [1.54, 1.807) is 0 Å². The van der Waals surface area contributed by atoms with Crippen LogP contribution in [-0.2, 0) is 4.74 Å². The topological polar surface area (TPSA) is 9.23 Å². The Labute approximate surface area is 91.8 Å². The van der Waals surface area contributed by atoms with Crippen LogP contribution in [0.1, 0.15) is 31.4 Å². The SMILES string of the molecule is CC/C=C/[C@H]1CCO[C@H]1c1ccccc1. The Hall–Kier alpha value is -1.08. The second-order valence-corrected chi connectivity index (χ2v) is 3.99. The summed E-state index contributed by atoms with van der Waals surface area (Å²) in [6.45, 7) is 3.06. The molecule has 0 unspecified atom stereocenters. The van der Waals surface area contributed by atoms with E-state index in [2.05, 4.69) is 49.4 Å². The monoisotopic (exact) mass is 202 g/mol. The highest BCUT2D eigenvalue weighted by Crippen LogP contribution is 2.35. The Kier molecular flexibility index (Phi) is 3.57. The van der Waals surface area contributed by atoms with Crippen LogP contribution in [0, 0.1) is 5.92 Å².